The summed E-state index contributed by atoms with van der Waals surface area (Å²) in [6.45, 7) is 5.58. The van der Waals surface area contributed by atoms with Crippen LogP contribution in [0.2, 0.25) is 0 Å². The zero-order chi connectivity index (χ0) is 19.0. The molecule has 1 unspecified atom stereocenters. The van der Waals surface area contributed by atoms with Crippen molar-refractivity contribution >= 4 is 28.8 Å². The lowest BCUT2D eigenvalue weighted by atomic mass is 9.90. The van der Waals surface area contributed by atoms with Crippen LogP contribution in [-0.4, -0.2) is 34.8 Å². The van der Waals surface area contributed by atoms with E-state index in [1.807, 2.05) is 36.3 Å². The highest BCUT2D eigenvalue weighted by Gasteiger charge is 2.58. The van der Waals surface area contributed by atoms with Gasteiger partial charge in [-0.2, -0.15) is 0 Å². The molecule has 1 N–H and O–H groups in total. The number of anilines is 1. The topological polar surface area (TPSA) is 62.3 Å². The standard InChI is InChI=1S/C21H25N3O2S/c1-14-7-15(2)9-16(8-14)23-20(26)18-11-21(18)3-5-24(6-4-21)19(25)10-17-12-27-13-22-17/h7-9,12-13,18H,3-6,10-11H2,1-2H3,(H,23,26). The molecule has 0 radical (unpaired) electrons. The van der Waals surface area contributed by atoms with Crippen LogP contribution in [-0.2, 0) is 16.0 Å². The van der Waals surface area contributed by atoms with Crippen molar-refractivity contribution in [3.8, 4) is 0 Å². The molecule has 4 rings (SSSR count). The van der Waals surface area contributed by atoms with E-state index in [4.69, 9.17) is 0 Å². The Balaban J connectivity index is 1.30. The van der Waals surface area contributed by atoms with Gasteiger partial charge in [0.15, 0.2) is 0 Å². The molecular weight excluding hydrogens is 358 g/mol. The number of aromatic nitrogens is 1. The summed E-state index contributed by atoms with van der Waals surface area (Å²) in [6.07, 6.45) is 3.16. The van der Waals surface area contributed by atoms with Gasteiger partial charge in [-0.1, -0.05) is 6.07 Å². The maximum Gasteiger partial charge on any atom is 0.228 e. The molecule has 1 spiro atoms. The smallest absolute Gasteiger partial charge is 0.228 e. The van der Waals surface area contributed by atoms with Gasteiger partial charge in [0.2, 0.25) is 11.8 Å². The number of carbonyl (C=O) groups excluding carboxylic acids is 2. The van der Waals surface area contributed by atoms with Crippen molar-refractivity contribution in [3.05, 3.63) is 45.9 Å². The molecule has 5 nitrogen and oxygen atoms in total. The van der Waals surface area contributed by atoms with Gasteiger partial charge in [-0.05, 0) is 61.8 Å². The number of hydrogen-bond acceptors (Lipinski definition) is 4. The second-order valence-electron chi connectivity index (χ2n) is 8.02. The molecule has 1 atom stereocenters. The average Bonchev–Trinajstić information content (AvgIpc) is 3.06. The lowest BCUT2D eigenvalue weighted by Crippen LogP contribution is -2.41. The third-order valence-corrected chi connectivity index (χ3v) is 6.56. The van der Waals surface area contributed by atoms with Crippen molar-refractivity contribution in [2.45, 2.75) is 39.5 Å². The summed E-state index contributed by atoms with van der Waals surface area (Å²) in [5.41, 5.74) is 5.90. The van der Waals surface area contributed by atoms with Crippen LogP contribution in [0, 0.1) is 25.2 Å². The summed E-state index contributed by atoms with van der Waals surface area (Å²) in [5, 5.41) is 5.02. The Labute approximate surface area is 163 Å². The number of piperidine rings is 1. The van der Waals surface area contributed by atoms with Gasteiger partial charge in [-0.3, -0.25) is 9.59 Å². The molecule has 1 aromatic heterocycles. The number of thiazole rings is 1. The largest absolute Gasteiger partial charge is 0.342 e. The van der Waals surface area contributed by atoms with Crippen LogP contribution in [0.5, 0.6) is 0 Å². The second-order valence-corrected chi connectivity index (χ2v) is 8.74. The Bertz CT molecular complexity index is 834. The van der Waals surface area contributed by atoms with E-state index >= 15 is 0 Å². The minimum Gasteiger partial charge on any atom is -0.342 e. The molecule has 2 heterocycles. The van der Waals surface area contributed by atoms with Gasteiger partial charge in [-0.25, -0.2) is 4.98 Å². The number of carbonyl (C=O) groups is 2. The van der Waals surface area contributed by atoms with Crippen LogP contribution in [0.1, 0.15) is 36.1 Å². The van der Waals surface area contributed by atoms with Crippen LogP contribution in [0.4, 0.5) is 5.69 Å². The summed E-state index contributed by atoms with van der Waals surface area (Å²) in [6, 6.07) is 6.13. The van der Waals surface area contributed by atoms with Crippen molar-refractivity contribution < 1.29 is 9.59 Å². The highest BCUT2D eigenvalue weighted by Crippen LogP contribution is 2.59. The zero-order valence-electron chi connectivity index (χ0n) is 15.8. The van der Waals surface area contributed by atoms with E-state index in [1.54, 1.807) is 5.51 Å². The maximum atomic E-state index is 12.7. The number of rotatable bonds is 4. The van der Waals surface area contributed by atoms with Crippen molar-refractivity contribution in [2.75, 3.05) is 18.4 Å². The first-order valence-electron chi connectivity index (χ1n) is 9.49. The van der Waals surface area contributed by atoms with Crippen LogP contribution < -0.4 is 5.32 Å². The molecule has 1 aliphatic heterocycles. The second kappa shape index (κ2) is 7.08. The molecule has 2 fully saturated rings. The van der Waals surface area contributed by atoms with E-state index in [0.29, 0.717) is 6.42 Å². The van der Waals surface area contributed by atoms with E-state index in [9.17, 15) is 9.59 Å². The molecule has 2 aromatic rings. The number of nitrogens with one attached hydrogen (secondary N) is 1. The zero-order valence-corrected chi connectivity index (χ0v) is 16.6. The average molecular weight is 384 g/mol. The molecule has 6 heteroatoms. The summed E-state index contributed by atoms with van der Waals surface area (Å²) in [4.78, 5) is 31.3. The molecule has 1 aliphatic carbocycles. The van der Waals surface area contributed by atoms with Crippen LogP contribution >= 0.6 is 11.3 Å². The van der Waals surface area contributed by atoms with Gasteiger partial charge in [-0.15, -0.1) is 11.3 Å². The molecule has 1 saturated carbocycles. The van der Waals surface area contributed by atoms with E-state index in [-0.39, 0.29) is 23.1 Å². The first kappa shape index (κ1) is 18.2. The molecule has 27 heavy (non-hydrogen) atoms. The van der Waals surface area contributed by atoms with Crippen LogP contribution in [0.15, 0.2) is 29.1 Å². The molecule has 2 amide bonds. The van der Waals surface area contributed by atoms with Crippen molar-refractivity contribution in [3.63, 3.8) is 0 Å². The number of hydrogen-bond donors (Lipinski definition) is 1. The van der Waals surface area contributed by atoms with Crippen LogP contribution in [0.3, 0.4) is 0 Å². The fourth-order valence-corrected chi connectivity index (χ4v) is 4.90. The van der Waals surface area contributed by atoms with Crippen molar-refractivity contribution in [1.29, 1.82) is 0 Å². The SMILES string of the molecule is Cc1cc(C)cc(NC(=O)C2CC23CCN(C(=O)Cc2cscn2)CC3)c1. The van der Waals surface area contributed by atoms with Crippen LogP contribution in [0.25, 0.3) is 0 Å². The van der Waals surface area contributed by atoms with Gasteiger partial charge < -0.3 is 10.2 Å². The first-order valence-corrected chi connectivity index (χ1v) is 10.4. The molecular formula is C21H25N3O2S. The molecule has 2 aliphatic rings. The van der Waals surface area contributed by atoms with Gasteiger partial charge in [0, 0.05) is 30.1 Å². The lowest BCUT2D eigenvalue weighted by molar-refractivity contribution is -0.132. The number of benzene rings is 1. The molecule has 142 valence electrons. The van der Waals surface area contributed by atoms with Crippen molar-refractivity contribution in [2.24, 2.45) is 11.3 Å². The number of nitrogens with zero attached hydrogens (tertiary/aromatic N) is 2. The summed E-state index contributed by atoms with van der Waals surface area (Å²) in [7, 11) is 0. The van der Waals surface area contributed by atoms with Gasteiger partial charge in [0.25, 0.3) is 0 Å². The maximum absolute atomic E-state index is 12.7. The van der Waals surface area contributed by atoms with Gasteiger partial charge >= 0.3 is 0 Å². The van der Waals surface area contributed by atoms with E-state index in [1.165, 1.54) is 11.3 Å². The predicted molar refractivity (Wildman–Crippen MR) is 107 cm³/mol. The van der Waals surface area contributed by atoms with Crippen molar-refractivity contribution in [1.82, 2.24) is 9.88 Å². The predicted octanol–water partition coefficient (Wildman–Crippen LogP) is 3.57. The minimum absolute atomic E-state index is 0.0779. The van der Waals surface area contributed by atoms with E-state index < -0.39 is 0 Å². The van der Waals surface area contributed by atoms with Gasteiger partial charge in [0.1, 0.15) is 0 Å². The monoisotopic (exact) mass is 383 g/mol. The first-order chi connectivity index (χ1) is 12.9. The fraction of sp³-hybridized carbons (Fsp3) is 0.476. The number of aryl methyl sites for hydroxylation is 2. The quantitative estimate of drug-likeness (QED) is 0.878. The Morgan fingerprint density at radius 2 is 1.93 bits per heavy atom. The summed E-state index contributed by atoms with van der Waals surface area (Å²) in [5.74, 6) is 0.351. The highest BCUT2D eigenvalue weighted by molar-refractivity contribution is 7.07. The Morgan fingerprint density at radius 1 is 1.22 bits per heavy atom. The van der Waals surface area contributed by atoms with Gasteiger partial charge in [0.05, 0.1) is 17.6 Å². The minimum atomic E-state index is 0.0779. The fourth-order valence-electron chi connectivity index (χ4n) is 4.34. The molecule has 1 saturated heterocycles. The third kappa shape index (κ3) is 3.90. The summed E-state index contributed by atoms with van der Waals surface area (Å²) < 4.78 is 0. The molecule has 0 bridgehead atoms. The number of likely N-dealkylation sites (tertiary alicyclic amines) is 1. The Kier molecular flexibility index (Phi) is 4.76. The Morgan fingerprint density at radius 3 is 2.56 bits per heavy atom. The summed E-state index contributed by atoms with van der Waals surface area (Å²) >= 11 is 1.52. The third-order valence-electron chi connectivity index (χ3n) is 5.92. The normalized spacial score (nSPS) is 20.5. The van der Waals surface area contributed by atoms with E-state index in [2.05, 4.69) is 16.4 Å². The lowest BCUT2D eigenvalue weighted by Gasteiger charge is -2.32. The number of amides is 2. The molecule has 1 aromatic carbocycles. The van der Waals surface area contributed by atoms with E-state index in [0.717, 1.165) is 54.9 Å². The highest BCUT2D eigenvalue weighted by atomic mass is 32.1. The Hall–Kier alpha value is -2.21.